The Morgan fingerprint density at radius 3 is 2.79 bits per heavy atom. The first-order valence-corrected chi connectivity index (χ1v) is 8.12. The monoisotopic (exact) mass is 324 g/mol. The van der Waals surface area contributed by atoms with Crippen molar-refractivity contribution in [2.75, 3.05) is 18.5 Å². The third-order valence-corrected chi connectivity index (χ3v) is 5.05. The Kier molecular flexibility index (Phi) is 5.28. The Hall–Kier alpha value is -0.540. The Balaban J connectivity index is 2.10. The van der Waals surface area contributed by atoms with Gasteiger partial charge in [-0.25, -0.2) is 0 Å². The summed E-state index contributed by atoms with van der Waals surface area (Å²) in [5.74, 6) is 0.862. The lowest BCUT2D eigenvalue weighted by molar-refractivity contribution is 0.336. The molecule has 2 atom stereocenters. The van der Waals surface area contributed by atoms with Crippen LogP contribution in [0.4, 0.5) is 5.69 Å². The molecule has 0 aliphatic heterocycles. The van der Waals surface area contributed by atoms with Crippen LogP contribution in [-0.2, 0) is 6.42 Å². The smallest absolute Gasteiger partial charge is 0.0377 e. The minimum absolute atomic E-state index is 0.691. The lowest BCUT2D eigenvalue weighted by atomic mass is 9.86. The summed E-state index contributed by atoms with van der Waals surface area (Å²) < 4.78 is 1.19. The van der Waals surface area contributed by atoms with Crippen LogP contribution in [0.25, 0.3) is 0 Å². The molecule has 1 aliphatic carbocycles. The van der Waals surface area contributed by atoms with Gasteiger partial charge in [0.05, 0.1) is 0 Å². The van der Waals surface area contributed by atoms with Crippen LogP contribution in [-0.4, -0.2) is 19.6 Å². The standard InChI is InChI=1S/C16H25BrN2/c1-12-4-3-5-14(10-12)19(2)15-7-6-13(8-9-18)16(17)11-15/h6-7,11-12,14H,3-5,8-10,18H2,1-2H3. The summed E-state index contributed by atoms with van der Waals surface area (Å²) in [5.41, 5.74) is 8.24. The Labute approximate surface area is 125 Å². The van der Waals surface area contributed by atoms with Crippen LogP contribution < -0.4 is 10.6 Å². The van der Waals surface area contributed by atoms with E-state index in [1.807, 2.05) is 0 Å². The number of benzene rings is 1. The van der Waals surface area contributed by atoms with E-state index in [-0.39, 0.29) is 0 Å². The molecule has 0 heterocycles. The van der Waals surface area contributed by atoms with Crippen molar-refractivity contribution in [3.63, 3.8) is 0 Å². The highest BCUT2D eigenvalue weighted by molar-refractivity contribution is 9.10. The van der Waals surface area contributed by atoms with Crippen molar-refractivity contribution in [3.05, 3.63) is 28.2 Å². The van der Waals surface area contributed by atoms with Crippen molar-refractivity contribution in [2.45, 2.75) is 45.1 Å². The second-order valence-electron chi connectivity index (χ2n) is 5.85. The lowest BCUT2D eigenvalue weighted by Gasteiger charge is -2.35. The van der Waals surface area contributed by atoms with E-state index in [2.05, 4.69) is 53.0 Å². The van der Waals surface area contributed by atoms with Crippen molar-refractivity contribution < 1.29 is 0 Å². The van der Waals surface area contributed by atoms with Crippen LogP contribution in [0, 0.1) is 5.92 Å². The number of nitrogens with two attached hydrogens (primary N) is 1. The van der Waals surface area contributed by atoms with Gasteiger partial charge in [-0.2, -0.15) is 0 Å². The van der Waals surface area contributed by atoms with Crippen molar-refractivity contribution in [2.24, 2.45) is 11.7 Å². The predicted molar refractivity (Wildman–Crippen MR) is 86.7 cm³/mol. The summed E-state index contributed by atoms with van der Waals surface area (Å²) in [6.45, 7) is 3.08. The average molecular weight is 325 g/mol. The van der Waals surface area contributed by atoms with Gasteiger partial charge in [-0.3, -0.25) is 0 Å². The predicted octanol–water partition coefficient (Wildman–Crippen LogP) is 3.97. The zero-order valence-electron chi connectivity index (χ0n) is 12.0. The maximum absolute atomic E-state index is 5.63. The molecule has 0 amide bonds. The van der Waals surface area contributed by atoms with Gasteiger partial charge in [0.2, 0.25) is 0 Å². The topological polar surface area (TPSA) is 29.3 Å². The first-order valence-electron chi connectivity index (χ1n) is 7.33. The summed E-state index contributed by atoms with van der Waals surface area (Å²) in [6.07, 6.45) is 6.33. The molecular formula is C16H25BrN2. The van der Waals surface area contributed by atoms with E-state index in [9.17, 15) is 0 Å². The highest BCUT2D eigenvalue weighted by Crippen LogP contribution is 2.31. The van der Waals surface area contributed by atoms with Crippen LogP contribution in [0.5, 0.6) is 0 Å². The summed E-state index contributed by atoms with van der Waals surface area (Å²) in [7, 11) is 2.23. The summed E-state index contributed by atoms with van der Waals surface area (Å²) in [6, 6.07) is 7.37. The fourth-order valence-electron chi connectivity index (χ4n) is 3.08. The molecule has 1 aliphatic rings. The largest absolute Gasteiger partial charge is 0.372 e. The van der Waals surface area contributed by atoms with E-state index in [0.717, 1.165) is 12.3 Å². The SMILES string of the molecule is CC1CCCC(N(C)c2ccc(CCN)c(Br)c2)C1. The number of hydrogen-bond acceptors (Lipinski definition) is 2. The number of rotatable bonds is 4. The van der Waals surface area contributed by atoms with E-state index >= 15 is 0 Å². The molecule has 0 aromatic heterocycles. The quantitative estimate of drug-likeness (QED) is 0.908. The first kappa shape index (κ1) is 14.9. The number of halogens is 1. The third-order valence-electron chi connectivity index (χ3n) is 4.31. The molecular weight excluding hydrogens is 300 g/mol. The van der Waals surface area contributed by atoms with Crippen molar-refractivity contribution in [1.29, 1.82) is 0 Å². The Bertz CT molecular complexity index is 419. The second-order valence-corrected chi connectivity index (χ2v) is 6.71. The molecule has 19 heavy (non-hydrogen) atoms. The van der Waals surface area contributed by atoms with E-state index in [1.54, 1.807) is 0 Å². The molecule has 1 fully saturated rings. The molecule has 0 spiro atoms. The van der Waals surface area contributed by atoms with Crippen molar-refractivity contribution in [1.82, 2.24) is 0 Å². The molecule has 1 aromatic carbocycles. The zero-order chi connectivity index (χ0) is 13.8. The number of anilines is 1. The van der Waals surface area contributed by atoms with Crippen LogP contribution >= 0.6 is 15.9 Å². The molecule has 0 saturated heterocycles. The van der Waals surface area contributed by atoms with Crippen LogP contribution in [0.15, 0.2) is 22.7 Å². The minimum Gasteiger partial charge on any atom is -0.372 e. The number of hydrogen-bond donors (Lipinski definition) is 1. The van der Waals surface area contributed by atoms with Gasteiger partial charge in [0.15, 0.2) is 0 Å². The van der Waals surface area contributed by atoms with Gasteiger partial charge < -0.3 is 10.6 Å². The second kappa shape index (κ2) is 6.76. The molecule has 1 saturated carbocycles. The lowest BCUT2D eigenvalue weighted by Crippen LogP contribution is -2.35. The minimum atomic E-state index is 0.691. The fraction of sp³-hybridized carbons (Fsp3) is 0.625. The molecule has 3 heteroatoms. The zero-order valence-corrected chi connectivity index (χ0v) is 13.6. The first-order chi connectivity index (χ1) is 9.11. The third kappa shape index (κ3) is 3.73. The summed E-state index contributed by atoms with van der Waals surface area (Å²) in [4.78, 5) is 2.45. The van der Waals surface area contributed by atoms with Crippen LogP contribution in [0.3, 0.4) is 0 Å². The molecule has 106 valence electrons. The van der Waals surface area contributed by atoms with E-state index in [1.165, 1.54) is 41.4 Å². The molecule has 0 bridgehead atoms. The molecule has 2 N–H and O–H groups in total. The highest BCUT2D eigenvalue weighted by Gasteiger charge is 2.22. The van der Waals surface area contributed by atoms with Crippen LogP contribution in [0.1, 0.15) is 38.2 Å². The number of nitrogens with zero attached hydrogens (tertiary/aromatic N) is 1. The Morgan fingerprint density at radius 1 is 1.37 bits per heavy atom. The molecule has 1 aromatic rings. The summed E-state index contributed by atoms with van der Waals surface area (Å²) in [5, 5.41) is 0. The van der Waals surface area contributed by atoms with Gasteiger partial charge in [-0.05, 0) is 49.4 Å². The summed E-state index contributed by atoms with van der Waals surface area (Å²) >= 11 is 3.67. The molecule has 2 nitrogen and oxygen atoms in total. The molecule has 2 rings (SSSR count). The van der Waals surface area contributed by atoms with Gasteiger partial charge >= 0.3 is 0 Å². The Morgan fingerprint density at radius 2 is 2.16 bits per heavy atom. The van der Waals surface area contributed by atoms with Crippen LogP contribution in [0.2, 0.25) is 0 Å². The molecule has 2 unspecified atom stereocenters. The highest BCUT2D eigenvalue weighted by atomic mass is 79.9. The van der Waals surface area contributed by atoms with E-state index in [4.69, 9.17) is 5.73 Å². The fourth-order valence-corrected chi connectivity index (χ4v) is 3.64. The van der Waals surface area contributed by atoms with E-state index in [0.29, 0.717) is 12.6 Å². The average Bonchev–Trinajstić information content (AvgIpc) is 2.40. The van der Waals surface area contributed by atoms with Gasteiger partial charge in [-0.15, -0.1) is 0 Å². The maximum Gasteiger partial charge on any atom is 0.0377 e. The normalized spacial score (nSPS) is 23.4. The van der Waals surface area contributed by atoms with Crippen molar-refractivity contribution in [3.8, 4) is 0 Å². The molecule has 0 radical (unpaired) electrons. The van der Waals surface area contributed by atoms with Gasteiger partial charge in [0.1, 0.15) is 0 Å². The van der Waals surface area contributed by atoms with E-state index < -0.39 is 0 Å². The van der Waals surface area contributed by atoms with Crippen molar-refractivity contribution >= 4 is 21.6 Å². The van der Waals surface area contributed by atoms with Gasteiger partial charge in [-0.1, -0.05) is 41.8 Å². The van der Waals surface area contributed by atoms with Gasteiger partial charge in [0, 0.05) is 23.2 Å². The van der Waals surface area contributed by atoms with Gasteiger partial charge in [0.25, 0.3) is 0 Å². The maximum atomic E-state index is 5.63.